The van der Waals surface area contributed by atoms with Crippen molar-refractivity contribution in [3.05, 3.63) is 64.2 Å². The van der Waals surface area contributed by atoms with Crippen LogP contribution in [-0.4, -0.2) is 46.8 Å². The lowest BCUT2D eigenvalue weighted by Crippen LogP contribution is -2.53. The Bertz CT molecular complexity index is 835. The van der Waals surface area contributed by atoms with Crippen LogP contribution in [0.1, 0.15) is 22.8 Å². The zero-order chi connectivity index (χ0) is 19.6. The minimum absolute atomic E-state index is 0.548. The molecule has 0 amide bonds. The average Bonchev–Trinajstić information content (AvgIpc) is 2.69. The van der Waals surface area contributed by atoms with Gasteiger partial charge in [-0.25, -0.2) is 0 Å². The maximum atomic E-state index is 10.3. The Balaban J connectivity index is 1.87. The van der Waals surface area contributed by atoms with Gasteiger partial charge in [0.2, 0.25) is 0 Å². The molecule has 5 atom stereocenters. The lowest BCUT2D eigenvalue weighted by atomic mass is 9.90. The van der Waals surface area contributed by atoms with Gasteiger partial charge in [0.05, 0.1) is 13.2 Å². The molecule has 0 aliphatic carbocycles. The van der Waals surface area contributed by atoms with Crippen molar-refractivity contribution in [2.75, 3.05) is 7.11 Å². The molecule has 0 aromatic heterocycles. The molecule has 1 aliphatic rings. The smallest absolute Gasteiger partial charge is 0.173 e. The van der Waals surface area contributed by atoms with Crippen molar-refractivity contribution in [1.29, 1.82) is 5.26 Å². The van der Waals surface area contributed by atoms with Crippen LogP contribution in [0.15, 0.2) is 42.5 Å². The van der Waals surface area contributed by atoms with Crippen molar-refractivity contribution in [1.82, 2.24) is 0 Å². The van der Waals surface area contributed by atoms with E-state index >= 15 is 0 Å². The molecule has 1 fully saturated rings. The highest BCUT2D eigenvalue weighted by atomic mass is 35.5. The number of benzene rings is 2. The van der Waals surface area contributed by atoms with E-state index in [0.717, 1.165) is 16.9 Å². The van der Waals surface area contributed by atoms with Gasteiger partial charge in [0.1, 0.15) is 30.2 Å². The molecule has 0 spiro atoms. The summed E-state index contributed by atoms with van der Waals surface area (Å²) in [4.78, 5) is 0. The zero-order valence-electron chi connectivity index (χ0n) is 14.6. The summed E-state index contributed by atoms with van der Waals surface area (Å²) >= 11 is 6.32. The van der Waals surface area contributed by atoms with E-state index in [4.69, 9.17) is 26.3 Å². The van der Waals surface area contributed by atoms with Crippen molar-refractivity contribution in [3.8, 4) is 11.8 Å². The largest absolute Gasteiger partial charge is 0.497 e. The summed E-state index contributed by atoms with van der Waals surface area (Å²) in [5.41, 5.74) is 2.40. The fraction of sp³-hybridized carbons (Fsp3) is 0.350. The standard InChI is InChI=1S/C20H20ClNO5/c1-26-14-5-2-11(3-6-14)8-13-9-12(4-7-15(13)21)20-19(25)18(24)17(23)16(10-22)27-20/h2-7,9,16-20,23-25H,8H2,1H3/t16?,17-,18+,19-,20+/m1/s1. The Hall–Kier alpha value is -2.14. The van der Waals surface area contributed by atoms with Gasteiger partial charge in [-0.2, -0.15) is 5.26 Å². The van der Waals surface area contributed by atoms with Crippen LogP contribution in [0.3, 0.4) is 0 Å². The minimum Gasteiger partial charge on any atom is -0.497 e. The second kappa shape index (κ2) is 8.26. The van der Waals surface area contributed by atoms with Crippen molar-refractivity contribution in [2.24, 2.45) is 0 Å². The number of ether oxygens (including phenoxy) is 2. The number of nitriles is 1. The highest BCUT2D eigenvalue weighted by molar-refractivity contribution is 6.31. The van der Waals surface area contributed by atoms with E-state index < -0.39 is 30.5 Å². The molecular formula is C20H20ClNO5. The van der Waals surface area contributed by atoms with E-state index in [1.165, 1.54) is 0 Å². The van der Waals surface area contributed by atoms with Crippen molar-refractivity contribution in [3.63, 3.8) is 0 Å². The Morgan fingerprint density at radius 1 is 1.07 bits per heavy atom. The summed E-state index contributed by atoms with van der Waals surface area (Å²) < 4.78 is 10.7. The third-order valence-electron chi connectivity index (χ3n) is 4.69. The molecule has 142 valence electrons. The SMILES string of the molecule is COc1ccc(Cc2cc([C@@H]3OC(C#N)[C@@H](O)[C@H](O)[C@H]3O)ccc2Cl)cc1. The summed E-state index contributed by atoms with van der Waals surface area (Å²) in [7, 11) is 1.60. The normalized spacial score (nSPS) is 27.8. The van der Waals surface area contributed by atoms with E-state index in [9.17, 15) is 15.3 Å². The highest BCUT2D eigenvalue weighted by Gasteiger charge is 2.44. The van der Waals surface area contributed by atoms with Gasteiger partial charge in [-0.1, -0.05) is 35.9 Å². The summed E-state index contributed by atoms with van der Waals surface area (Å²) in [6, 6.07) is 14.5. The number of hydrogen-bond acceptors (Lipinski definition) is 6. The van der Waals surface area contributed by atoms with Gasteiger partial charge < -0.3 is 24.8 Å². The first kappa shape index (κ1) is 19.6. The van der Waals surface area contributed by atoms with Crippen molar-refractivity contribution < 1.29 is 24.8 Å². The van der Waals surface area contributed by atoms with E-state index in [2.05, 4.69) is 0 Å². The van der Waals surface area contributed by atoms with E-state index in [0.29, 0.717) is 17.0 Å². The van der Waals surface area contributed by atoms with Crippen LogP contribution in [0.4, 0.5) is 0 Å². The fourth-order valence-electron chi connectivity index (χ4n) is 3.13. The van der Waals surface area contributed by atoms with Gasteiger partial charge in [0.15, 0.2) is 6.10 Å². The molecule has 2 aromatic carbocycles. The molecule has 27 heavy (non-hydrogen) atoms. The topological polar surface area (TPSA) is 103 Å². The maximum Gasteiger partial charge on any atom is 0.173 e. The maximum absolute atomic E-state index is 10.3. The van der Waals surface area contributed by atoms with Crippen LogP contribution in [0, 0.1) is 11.3 Å². The average molecular weight is 390 g/mol. The summed E-state index contributed by atoms with van der Waals surface area (Å²) in [6.45, 7) is 0. The molecule has 0 radical (unpaired) electrons. The molecular weight excluding hydrogens is 370 g/mol. The Morgan fingerprint density at radius 2 is 1.78 bits per heavy atom. The highest BCUT2D eigenvalue weighted by Crippen LogP contribution is 2.34. The molecule has 1 aliphatic heterocycles. The number of aliphatic hydroxyl groups is 3. The van der Waals surface area contributed by atoms with Gasteiger partial charge in [0, 0.05) is 5.02 Å². The van der Waals surface area contributed by atoms with Gasteiger partial charge in [-0.15, -0.1) is 0 Å². The minimum atomic E-state index is -1.48. The third-order valence-corrected chi connectivity index (χ3v) is 5.06. The van der Waals surface area contributed by atoms with E-state index in [-0.39, 0.29) is 0 Å². The van der Waals surface area contributed by atoms with Crippen LogP contribution < -0.4 is 4.74 Å². The fourth-order valence-corrected chi connectivity index (χ4v) is 3.32. The molecule has 3 N–H and O–H groups in total. The monoisotopic (exact) mass is 389 g/mol. The van der Waals surface area contributed by atoms with E-state index in [1.54, 1.807) is 31.4 Å². The molecule has 7 heteroatoms. The van der Waals surface area contributed by atoms with Crippen LogP contribution >= 0.6 is 11.6 Å². The number of halogens is 1. The predicted octanol–water partition coefficient (Wildman–Crippen LogP) is 1.99. The molecule has 1 saturated heterocycles. The first-order chi connectivity index (χ1) is 12.9. The van der Waals surface area contributed by atoms with Crippen LogP contribution in [0.2, 0.25) is 5.02 Å². The number of methoxy groups -OCH3 is 1. The van der Waals surface area contributed by atoms with Gasteiger partial charge in [-0.05, 0) is 41.3 Å². The molecule has 1 heterocycles. The molecule has 3 rings (SSSR count). The molecule has 2 aromatic rings. The Morgan fingerprint density at radius 3 is 2.41 bits per heavy atom. The van der Waals surface area contributed by atoms with Gasteiger partial charge >= 0.3 is 0 Å². The number of hydrogen-bond donors (Lipinski definition) is 3. The predicted molar refractivity (Wildman–Crippen MR) is 98.5 cm³/mol. The van der Waals surface area contributed by atoms with Crippen molar-refractivity contribution in [2.45, 2.75) is 36.9 Å². The van der Waals surface area contributed by atoms with Crippen LogP contribution in [0.25, 0.3) is 0 Å². The lowest BCUT2D eigenvalue weighted by molar-refractivity contribution is -0.209. The van der Waals surface area contributed by atoms with Crippen LogP contribution in [0.5, 0.6) is 5.75 Å². The Labute approximate surface area is 162 Å². The third kappa shape index (κ3) is 4.08. The number of rotatable bonds is 4. The first-order valence-electron chi connectivity index (χ1n) is 8.45. The zero-order valence-corrected chi connectivity index (χ0v) is 15.4. The summed E-state index contributed by atoms with van der Waals surface area (Å²) in [6.07, 6.45) is -5.93. The van der Waals surface area contributed by atoms with Gasteiger partial charge in [-0.3, -0.25) is 0 Å². The molecule has 0 bridgehead atoms. The van der Waals surface area contributed by atoms with E-state index in [1.807, 2.05) is 24.3 Å². The van der Waals surface area contributed by atoms with Crippen molar-refractivity contribution >= 4 is 11.6 Å². The second-order valence-corrected chi connectivity index (χ2v) is 6.86. The number of aliphatic hydroxyl groups excluding tert-OH is 3. The van der Waals surface area contributed by atoms with Crippen LogP contribution in [-0.2, 0) is 11.2 Å². The Kier molecular flexibility index (Phi) is 6.00. The second-order valence-electron chi connectivity index (χ2n) is 6.45. The molecule has 1 unspecified atom stereocenters. The quantitative estimate of drug-likeness (QED) is 0.739. The molecule has 0 saturated carbocycles. The lowest BCUT2D eigenvalue weighted by Gasteiger charge is -2.38. The first-order valence-corrected chi connectivity index (χ1v) is 8.83. The molecule has 6 nitrogen and oxygen atoms in total. The number of nitrogens with zero attached hydrogens (tertiary/aromatic N) is 1. The van der Waals surface area contributed by atoms with Gasteiger partial charge in [0.25, 0.3) is 0 Å². The summed E-state index contributed by atoms with van der Waals surface area (Å²) in [5, 5.41) is 39.8. The summed E-state index contributed by atoms with van der Waals surface area (Å²) in [5.74, 6) is 0.757.